The molecule has 0 aliphatic rings. The molecule has 0 aliphatic carbocycles. The van der Waals surface area contributed by atoms with Gasteiger partial charge < -0.3 is 0 Å². The van der Waals surface area contributed by atoms with Crippen LogP contribution in [0.5, 0.6) is 0 Å². The van der Waals surface area contributed by atoms with Gasteiger partial charge in [0.25, 0.3) is 6.43 Å². The van der Waals surface area contributed by atoms with Gasteiger partial charge in [-0.15, -0.1) is 22.7 Å². The summed E-state index contributed by atoms with van der Waals surface area (Å²) in [6.45, 7) is 0. The zero-order chi connectivity index (χ0) is 9.42. The summed E-state index contributed by atoms with van der Waals surface area (Å²) in [6.07, 6.45) is -2.06. The summed E-state index contributed by atoms with van der Waals surface area (Å²) in [6, 6.07) is 1.75. The third-order valence-corrected chi connectivity index (χ3v) is 3.86. The van der Waals surface area contributed by atoms with E-state index in [-0.39, 0.29) is 10.4 Å². The molecular formula is C8H4F2OS2. The largest absolute Gasteiger partial charge is 0.297 e. The number of carbonyl (C=O) groups excluding carboxylic acids is 1. The van der Waals surface area contributed by atoms with E-state index in [0.717, 1.165) is 16.0 Å². The van der Waals surface area contributed by atoms with Crippen molar-refractivity contribution in [3.63, 3.8) is 0 Å². The van der Waals surface area contributed by atoms with Crippen LogP contribution in [-0.2, 0) is 0 Å². The van der Waals surface area contributed by atoms with Gasteiger partial charge in [-0.05, 0) is 11.4 Å². The fraction of sp³-hybridized carbons (Fsp3) is 0.125. The normalized spacial score (nSPS) is 11.3. The van der Waals surface area contributed by atoms with Crippen molar-refractivity contribution in [3.05, 3.63) is 21.9 Å². The number of fused-ring (bicyclic) bond motifs is 1. The topological polar surface area (TPSA) is 17.1 Å². The fourth-order valence-corrected chi connectivity index (χ4v) is 3.35. The summed E-state index contributed by atoms with van der Waals surface area (Å²) < 4.78 is 26.3. The van der Waals surface area contributed by atoms with E-state index in [1.807, 2.05) is 0 Å². The van der Waals surface area contributed by atoms with Gasteiger partial charge in [0.15, 0.2) is 6.29 Å². The minimum absolute atomic E-state index is 0.106. The van der Waals surface area contributed by atoms with E-state index in [0.29, 0.717) is 11.0 Å². The summed E-state index contributed by atoms with van der Waals surface area (Å²) in [5.74, 6) is 0. The van der Waals surface area contributed by atoms with Crippen LogP contribution in [0.25, 0.3) is 9.40 Å². The molecule has 0 radical (unpaired) electrons. The summed E-state index contributed by atoms with van der Waals surface area (Å²) in [4.78, 5) is 10.6. The molecule has 0 aliphatic heterocycles. The first kappa shape index (κ1) is 8.77. The Kier molecular flexibility index (Phi) is 2.13. The molecule has 0 saturated heterocycles. The van der Waals surface area contributed by atoms with Gasteiger partial charge in [-0.1, -0.05) is 0 Å². The summed E-state index contributed by atoms with van der Waals surface area (Å²) in [5, 5.41) is 1.75. The Morgan fingerprint density at radius 2 is 2.23 bits per heavy atom. The number of carbonyl (C=O) groups is 1. The lowest BCUT2D eigenvalue weighted by atomic mass is 10.2. The van der Waals surface area contributed by atoms with Gasteiger partial charge >= 0.3 is 0 Å². The number of aldehydes is 1. The molecule has 1 nitrogen and oxygen atoms in total. The maximum atomic E-state index is 12.5. The Bertz CT molecular complexity index is 444. The first-order valence-electron chi connectivity index (χ1n) is 3.47. The maximum Gasteiger partial charge on any atom is 0.266 e. The van der Waals surface area contributed by atoms with Crippen LogP contribution >= 0.6 is 22.7 Å². The van der Waals surface area contributed by atoms with Crippen LogP contribution in [-0.4, -0.2) is 6.29 Å². The van der Waals surface area contributed by atoms with Crippen molar-refractivity contribution in [1.29, 1.82) is 0 Å². The first-order chi connectivity index (χ1) is 6.24. The highest BCUT2D eigenvalue weighted by atomic mass is 32.1. The lowest BCUT2D eigenvalue weighted by molar-refractivity contribution is 0.111. The molecule has 2 aromatic heterocycles. The summed E-state index contributed by atoms with van der Waals surface area (Å²) >= 11 is 2.37. The highest BCUT2D eigenvalue weighted by molar-refractivity contribution is 7.28. The molecule has 13 heavy (non-hydrogen) atoms. The Morgan fingerprint density at radius 1 is 1.46 bits per heavy atom. The van der Waals surface area contributed by atoms with Crippen molar-refractivity contribution in [1.82, 2.24) is 0 Å². The van der Waals surface area contributed by atoms with Crippen molar-refractivity contribution in [2.75, 3.05) is 0 Å². The van der Waals surface area contributed by atoms with Crippen LogP contribution in [0.2, 0.25) is 0 Å². The van der Waals surface area contributed by atoms with Gasteiger partial charge in [0, 0.05) is 4.70 Å². The lowest BCUT2D eigenvalue weighted by Gasteiger charge is -1.94. The van der Waals surface area contributed by atoms with Crippen LogP contribution in [0.4, 0.5) is 8.78 Å². The van der Waals surface area contributed by atoms with Gasteiger partial charge in [0.1, 0.15) is 0 Å². The quantitative estimate of drug-likeness (QED) is 0.702. The van der Waals surface area contributed by atoms with E-state index in [1.165, 1.54) is 11.3 Å². The fourth-order valence-electron chi connectivity index (χ4n) is 1.15. The average molecular weight is 218 g/mol. The molecule has 2 heterocycles. The molecule has 0 atom stereocenters. The molecule has 2 rings (SSSR count). The van der Waals surface area contributed by atoms with Crippen molar-refractivity contribution in [3.8, 4) is 0 Å². The third-order valence-electron chi connectivity index (χ3n) is 1.68. The predicted molar refractivity (Wildman–Crippen MR) is 50.0 cm³/mol. The van der Waals surface area contributed by atoms with Crippen LogP contribution < -0.4 is 0 Å². The highest BCUT2D eigenvalue weighted by Crippen LogP contribution is 2.39. The average Bonchev–Trinajstić information content (AvgIpc) is 2.59. The monoisotopic (exact) mass is 218 g/mol. The predicted octanol–water partition coefficient (Wildman–Crippen LogP) is 3.71. The standard InChI is InChI=1S/C8H4F2OS2/c9-8(10)6-5(3-11)13-4-1-2-12-7(4)6/h1-3,8H. The minimum atomic E-state index is -2.56. The Balaban J connectivity index is 2.77. The van der Waals surface area contributed by atoms with Gasteiger partial charge in [0.2, 0.25) is 0 Å². The van der Waals surface area contributed by atoms with Crippen molar-refractivity contribution >= 4 is 38.4 Å². The number of hydrogen-bond donors (Lipinski definition) is 0. The van der Waals surface area contributed by atoms with E-state index < -0.39 is 6.43 Å². The Hall–Kier alpha value is -0.810. The van der Waals surface area contributed by atoms with Crippen LogP contribution in [0.15, 0.2) is 11.4 Å². The van der Waals surface area contributed by atoms with Crippen molar-refractivity contribution < 1.29 is 13.6 Å². The van der Waals surface area contributed by atoms with E-state index >= 15 is 0 Å². The molecule has 0 aromatic carbocycles. The van der Waals surface area contributed by atoms with Crippen LogP contribution in [0, 0.1) is 0 Å². The minimum Gasteiger partial charge on any atom is -0.297 e. The van der Waals surface area contributed by atoms with Crippen LogP contribution in [0.3, 0.4) is 0 Å². The van der Waals surface area contributed by atoms with Gasteiger partial charge in [0.05, 0.1) is 15.1 Å². The molecule has 0 N–H and O–H groups in total. The van der Waals surface area contributed by atoms with Crippen molar-refractivity contribution in [2.24, 2.45) is 0 Å². The Labute approximate surface area is 80.6 Å². The van der Waals surface area contributed by atoms with Gasteiger partial charge in [-0.2, -0.15) is 0 Å². The first-order valence-corrected chi connectivity index (χ1v) is 5.17. The third kappa shape index (κ3) is 1.28. The number of alkyl halides is 2. The number of hydrogen-bond acceptors (Lipinski definition) is 3. The van der Waals surface area contributed by atoms with E-state index in [2.05, 4.69) is 0 Å². The summed E-state index contributed by atoms with van der Waals surface area (Å²) in [5.41, 5.74) is -0.106. The van der Waals surface area contributed by atoms with E-state index in [4.69, 9.17) is 0 Å². The zero-order valence-electron chi connectivity index (χ0n) is 6.29. The molecule has 0 saturated carbocycles. The van der Waals surface area contributed by atoms with Crippen LogP contribution in [0.1, 0.15) is 21.7 Å². The second kappa shape index (κ2) is 3.16. The molecule has 68 valence electrons. The van der Waals surface area contributed by atoms with E-state index in [9.17, 15) is 13.6 Å². The Morgan fingerprint density at radius 3 is 2.85 bits per heavy atom. The molecular weight excluding hydrogens is 214 g/mol. The maximum absolute atomic E-state index is 12.5. The summed E-state index contributed by atoms with van der Waals surface area (Å²) in [7, 11) is 0. The number of thiophene rings is 2. The second-order valence-electron chi connectivity index (χ2n) is 2.41. The van der Waals surface area contributed by atoms with Crippen molar-refractivity contribution in [2.45, 2.75) is 6.43 Å². The lowest BCUT2D eigenvalue weighted by Crippen LogP contribution is -1.85. The second-order valence-corrected chi connectivity index (χ2v) is 4.41. The smallest absolute Gasteiger partial charge is 0.266 e. The molecule has 5 heteroatoms. The molecule has 0 spiro atoms. The molecule has 2 aromatic rings. The zero-order valence-corrected chi connectivity index (χ0v) is 7.92. The highest BCUT2D eigenvalue weighted by Gasteiger charge is 2.20. The molecule has 0 fully saturated rings. The number of rotatable bonds is 2. The van der Waals surface area contributed by atoms with Gasteiger partial charge in [-0.25, -0.2) is 8.78 Å². The van der Waals surface area contributed by atoms with E-state index in [1.54, 1.807) is 11.4 Å². The molecule has 0 amide bonds. The molecule has 0 bridgehead atoms. The number of halogens is 2. The SMILES string of the molecule is O=Cc1sc2ccsc2c1C(F)F. The molecule has 0 unspecified atom stereocenters. The van der Waals surface area contributed by atoms with Gasteiger partial charge in [-0.3, -0.25) is 4.79 Å².